The molecule has 0 fully saturated rings. The summed E-state index contributed by atoms with van der Waals surface area (Å²) in [6, 6.07) is 3.31. The topological polar surface area (TPSA) is 176 Å². The van der Waals surface area contributed by atoms with Crippen LogP contribution in [0, 0.1) is 13.8 Å². The number of carbonyl (C=O) groups excluding carboxylic acids is 2. The van der Waals surface area contributed by atoms with Crippen LogP contribution in [-0.4, -0.2) is 55.4 Å². The SMILES string of the molecule is CO.Cc1cc2c(C(C)C)c(O)c(O)c(C=O)c2c(O)c1-c1c(C)cc2c(C(C)C)c(O)c(O)c(C=O)c2c1O. The minimum atomic E-state index is -0.661. The van der Waals surface area contributed by atoms with E-state index in [1.54, 1.807) is 53.7 Å². The molecule has 0 aliphatic carbocycles. The van der Waals surface area contributed by atoms with Gasteiger partial charge in [-0.05, 0) is 47.6 Å². The summed E-state index contributed by atoms with van der Waals surface area (Å²) in [7, 11) is 1.00. The number of aldehydes is 2. The number of benzene rings is 4. The lowest BCUT2D eigenvalue weighted by molar-refractivity contribution is 0.111. The summed E-state index contributed by atoms with van der Waals surface area (Å²) in [5.41, 5.74) is 1.33. The monoisotopic (exact) mass is 550 g/mol. The molecule has 0 aromatic heterocycles. The summed E-state index contributed by atoms with van der Waals surface area (Å²) in [4.78, 5) is 24.0. The van der Waals surface area contributed by atoms with Gasteiger partial charge < -0.3 is 35.7 Å². The predicted molar refractivity (Wildman–Crippen MR) is 153 cm³/mol. The Morgan fingerprint density at radius 2 is 0.850 bits per heavy atom. The van der Waals surface area contributed by atoms with Crippen LogP contribution in [0.15, 0.2) is 12.1 Å². The highest BCUT2D eigenvalue weighted by Crippen LogP contribution is 2.54. The lowest BCUT2D eigenvalue weighted by Crippen LogP contribution is -2.01. The van der Waals surface area contributed by atoms with Gasteiger partial charge in [0, 0.05) is 40.1 Å². The third kappa shape index (κ3) is 4.23. The quantitative estimate of drug-likeness (QED) is 0.116. The molecule has 0 heterocycles. The van der Waals surface area contributed by atoms with E-state index >= 15 is 0 Å². The highest BCUT2D eigenvalue weighted by Gasteiger charge is 2.29. The van der Waals surface area contributed by atoms with Crippen molar-refractivity contribution in [3.63, 3.8) is 0 Å². The van der Waals surface area contributed by atoms with Crippen molar-refractivity contribution in [2.45, 2.75) is 53.4 Å². The summed E-state index contributed by atoms with van der Waals surface area (Å²) >= 11 is 0. The Morgan fingerprint density at radius 1 is 0.550 bits per heavy atom. The molecule has 4 rings (SSSR count). The molecule has 0 unspecified atom stereocenters. The predicted octanol–water partition coefficient (Wildman–Crippen LogP) is 5.99. The molecule has 0 radical (unpaired) electrons. The maximum absolute atomic E-state index is 12.0. The summed E-state index contributed by atoms with van der Waals surface area (Å²) in [6.07, 6.45) is 0.682. The van der Waals surface area contributed by atoms with Crippen molar-refractivity contribution in [2.24, 2.45) is 0 Å². The van der Waals surface area contributed by atoms with Gasteiger partial charge in [-0.25, -0.2) is 0 Å². The summed E-state index contributed by atoms with van der Waals surface area (Å²) in [5, 5.41) is 73.4. The van der Waals surface area contributed by atoms with Crippen LogP contribution >= 0.6 is 0 Å². The molecule has 0 spiro atoms. The molecule has 212 valence electrons. The van der Waals surface area contributed by atoms with Crippen molar-refractivity contribution in [1.29, 1.82) is 0 Å². The maximum atomic E-state index is 12.0. The Kier molecular flexibility index (Phi) is 8.22. The van der Waals surface area contributed by atoms with E-state index in [2.05, 4.69) is 0 Å². The fourth-order valence-electron chi connectivity index (χ4n) is 5.60. The molecule has 0 atom stereocenters. The number of phenolic OH excluding ortho intramolecular Hbond substituents is 6. The zero-order valence-corrected chi connectivity index (χ0v) is 23.4. The average molecular weight is 551 g/mol. The third-order valence-electron chi connectivity index (χ3n) is 7.22. The van der Waals surface area contributed by atoms with Gasteiger partial charge in [0.15, 0.2) is 35.6 Å². The van der Waals surface area contributed by atoms with Crippen molar-refractivity contribution < 1.29 is 45.3 Å². The van der Waals surface area contributed by atoms with Gasteiger partial charge in [0.1, 0.15) is 11.5 Å². The third-order valence-corrected chi connectivity index (χ3v) is 7.22. The van der Waals surface area contributed by atoms with Crippen LogP contribution in [0.5, 0.6) is 34.5 Å². The number of hydrogen-bond acceptors (Lipinski definition) is 9. The number of rotatable bonds is 5. The fraction of sp³-hybridized carbons (Fsp3) is 0.290. The largest absolute Gasteiger partial charge is 0.507 e. The number of fused-ring (bicyclic) bond motifs is 2. The number of aliphatic hydroxyl groups is 1. The Labute approximate surface area is 231 Å². The summed E-state index contributed by atoms with van der Waals surface area (Å²) < 4.78 is 0. The van der Waals surface area contributed by atoms with E-state index in [4.69, 9.17) is 5.11 Å². The minimum absolute atomic E-state index is 0.00512. The molecule has 7 N–H and O–H groups in total. The van der Waals surface area contributed by atoms with E-state index in [-0.39, 0.29) is 44.9 Å². The van der Waals surface area contributed by atoms with Crippen LogP contribution in [0.1, 0.15) is 82.5 Å². The molecule has 9 heteroatoms. The molecule has 0 aliphatic rings. The molecule has 40 heavy (non-hydrogen) atoms. The maximum Gasteiger partial charge on any atom is 0.169 e. The van der Waals surface area contributed by atoms with Gasteiger partial charge >= 0.3 is 0 Å². The van der Waals surface area contributed by atoms with Crippen molar-refractivity contribution in [3.8, 4) is 45.6 Å². The lowest BCUT2D eigenvalue weighted by atomic mass is 9.83. The highest BCUT2D eigenvalue weighted by atomic mass is 16.3. The molecule has 0 amide bonds. The van der Waals surface area contributed by atoms with Crippen LogP contribution in [0.2, 0.25) is 0 Å². The fourth-order valence-corrected chi connectivity index (χ4v) is 5.60. The average Bonchev–Trinajstić information content (AvgIpc) is 2.89. The summed E-state index contributed by atoms with van der Waals surface area (Å²) in [6.45, 7) is 10.5. The van der Waals surface area contributed by atoms with Crippen molar-refractivity contribution in [2.75, 3.05) is 7.11 Å². The van der Waals surface area contributed by atoms with Gasteiger partial charge in [0.05, 0.1) is 11.1 Å². The van der Waals surface area contributed by atoms with Crippen LogP contribution in [0.25, 0.3) is 32.7 Å². The molecular weight excluding hydrogens is 516 g/mol. The van der Waals surface area contributed by atoms with Crippen molar-refractivity contribution >= 4 is 34.1 Å². The first-order valence-corrected chi connectivity index (χ1v) is 12.6. The van der Waals surface area contributed by atoms with E-state index in [0.29, 0.717) is 45.6 Å². The van der Waals surface area contributed by atoms with Crippen LogP contribution < -0.4 is 0 Å². The standard InChI is InChI=1S/C30H30O8.CH4O/c1-11(2)19-15-7-13(5)21(27(35)23(15)17(9-31)25(33)29(19)37)22-14(6)8-16-20(12(3)4)30(38)26(34)18(10-32)24(16)28(22)36;1-2/h7-12,33-38H,1-6H3;2H,1H3. The molecule has 0 bridgehead atoms. The van der Waals surface area contributed by atoms with Gasteiger partial charge in [-0.2, -0.15) is 0 Å². The van der Waals surface area contributed by atoms with E-state index in [1.165, 1.54) is 0 Å². The first kappa shape index (κ1) is 30.0. The van der Waals surface area contributed by atoms with Gasteiger partial charge in [-0.1, -0.05) is 39.8 Å². The van der Waals surface area contributed by atoms with Gasteiger partial charge in [-0.3, -0.25) is 9.59 Å². The minimum Gasteiger partial charge on any atom is -0.507 e. The Morgan fingerprint density at radius 3 is 1.10 bits per heavy atom. The first-order valence-electron chi connectivity index (χ1n) is 12.6. The molecule has 0 saturated carbocycles. The van der Waals surface area contributed by atoms with E-state index < -0.39 is 34.5 Å². The number of phenols is 6. The van der Waals surface area contributed by atoms with E-state index in [1.807, 2.05) is 0 Å². The van der Waals surface area contributed by atoms with Crippen molar-refractivity contribution in [3.05, 3.63) is 45.5 Å². The van der Waals surface area contributed by atoms with Gasteiger partial charge in [-0.15, -0.1) is 0 Å². The first-order chi connectivity index (χ1) is 18.8. The van der Waals surface area contributed by atoms with Gasteiger partial charge in [0.2, 0.25) is 0 Å². The highest BCUT2D eigenvalue weighted by molar-refractivity contribution is 6.14. The smallest absolute Gasteiger partial charge is 0.169 e. The Hall–Kier alpha value is -4.50. The second-order valence-electron chi connectivity index (χ2n) is 10.3. The number of carbonyl (C=O) groups is 2. The van der Waals surface area contributed by atoms with Gasteiger partial charge in [0.25, 0.3) is 0 Å². The van der Waals surface area contributed by atoms with Crippen LogP contribution in [0.3, 0.4) is 0 Å². The zero-order chi connectivity index (χ0) is 30.4. The zero-order valence-electron chi connectivity index (χ0n) is 23.4. The number of aromatic hydroxyl groups is 6. The van der Waals surface area contributed by atoms with Crippen LogP contribution in [0.4, 0.5) is 0 Å². The second-order valence-corrected chi connectivity index (χ2v) is 10.3. The molecule has 9 nitrogen and oxygen atoms in total. The summed E-state index contributed by atoms with van der Waals surface area (Å²) in [5.74, 6) is -3.57. The van der Waals surface area contributed by atoms with Crippen molar-refractivity contribution in [1.82, 2.24) is 0 Å². The lowest BCUT2D eigenvalue weighted by Gasteiger charge is -2.23. The van der Waals surface area contributed by atoms with Crippen LogP contribution in [-0.2, 0) is 0 Å². The number of aliphatic hydroxyl groups excluding tert-OH is 1. The van der Waals surface area contributed by atoms with E-state index in [9.17, 15) is 40.2 Å². The normalized spacial score (nSPS) is 11.2. The van der Waals surface area contributed by atoms with E-state index in [0.717, 1.165) is 7.11 Å². The number of aryl methyl sites for hydroxylation is 2. The molecule has 4 aromatic rings. The molecule has 0 saturated heterocycles. The number of hydrogen-bond donors (Lipinski definition) is 7. The second kappa shape index (κ2) is 10.9. The molecule has 0 aliphatic heterocycles. The Balaban J connectivity index is 0.00000216. The molecular formula is C31H34O9. The Bertz CT molecular complexity index is 1560. The molecule has 4 aromatic carbocycles.